The molecular formula is C19H21N3O. The maximum atomic E-state index is 12.4. The van der Waals surface area contributed by atoms with Crippen molar-refractivity contribution in [2.75, 3.05) is 6.54 Å². The smallest absolute Gasteiger partial charge is 0.251 e. The first-order valence-corrected chi connectivity index (χ1v) is 8.35. The van der Waals surface area contributed by atoms with Crippen molar-refractivity contribution in [3.8, 4) is 11.1 Å². The third-order valence-electron chi connectivity index (χ3n) is 5.17. The lowest BCUT2D eigenvalue weighted by molar-refractivity contribution is 0.0951. The number of carbonyl (C=O) groups excluding carboxylic acids is 1. The molecule has 0 radical (unpaired) electrons. The number of allylic oxidation sites excluding steroid dienone is 2. The van der Waals surface area contributed by atoms with Gasteiger partial charge in [0.25, 0.3) is 5.91 Å². The van der Waals surface area contributed by atoms with Crippen LogP contribution in [0.3, 0.4) is 0 Å². The molecule has 1 amide bonds. The predicted molar refractivity (Wildman–Crippen MR) is 89.8 cm³/mol. The summed E-state index contributed by atoms with van der Waals surface area (Å²) in [7, 11) is 0. The molecule has 23 heavy (non-hydrogen) atoms. The first-order chi connectivity index (χ1) is 11.3. The molecule has 2 aliphatic carbocycles. The van der Waals surface area contributed by atoms with Crippen molar-refractivity contribution in [2.45, 2.75) is 19.3 Å². The number of rotatable bonds is 5. The SMILES string of the molecule is O=C(NCC[C@@H]1C[C@@H]2C=C[C@H]1C2)c1cccc(-c2cn[nH]c2)c1. The molecule has 118 valence electrons. The zero-order chi connectivity index (χ0) is 15.6. The van der Waals surface area contributed by atoms with Gasteiger partial charge in [0.15, 0.2) is 0 Å². The third-order valence-corrected chi connectivity index (χ3v) is 5.17. The Morgan fingerprint density at radius 3 is 2.96 bits per heavy atom. The minimum Gasteiger partial charge on any atom is -0.352 e. The molecule has 4 rings (SSSR count). The molecule has 0 aliphatic heterocycles. The van der Waals surface area contributed by atoms with Crippen molar-refractivity contribution in [2.24, 2.45) is 17.8 Å². The molecule has 3 atom stereocenters. The van der Waals surface area contributed by atoms with Gasteiger partial charge in [-0.15, -0.1) is 0 Å². The van der Waals surface area contributed by atoms with E-state index >= 15 is 0 Å². The summed E-state index contributed by atoms with van der Waals surface area (Å²) in [4.78, 5) is 12.4. The highest BCUT2D eigenvalue weighted by Gasteiger charge is 2.34. The molecule has 4 heteroatoms. The van der Waals surface area contributed by atoms with Crippen LogP contribution in [-0.2, 0) is 0 Å². The largest absolute Gasteiger partial charge is 0.352 e. The summed E-state index contributed by atoms with van der Waals surface area (Å²) >= 11 is 0. The maximum Gasteiger partial charge on any atom is 0.251 e. The standard InChI is InChI=1S/C19H21N3O/c23-19(20-7-6-16-9-13-4-5-15(16)8-13)17-3-1-2-14(10-17)18-11-21-22-12-18/h1-5,10-13,15-16H,6-9H2,(H,20,23)(H,21,22)/t13-,15+,16-/m1/s1. The van der Waals surface area contributed by atoms with E-state index in [9.17, 15) is 4.79 Å². The molecule has 1 aromatic carbocycles. The number of fused-ring (bicyclic) bond motifs is 2. The van der Waals surface area contributed by atoms with Crippen molar-refractivity contribution in [3.05, 3.63) is 54.4 Å². The second-order valence-corrected chi connectivity index (χ2v) is 6.65. The molecule has 1 saturated carbocycles. The molecule has 1 heterocycles. The van der Waals surface area contributed by atoms with Crippen LogP contribution in [0.1, 0.15) is 29.6 Å². The van der Waals surface area contributed by atoms with Gasteiger partial charge in [0.05, 0.1) is 6.20 Å². The predicted octanol–water partition coefficient (Wildman–Crippen LogP) is 3.41. The van der Waals surface area contributed by atoms with Gasteiger partial charge in [-0.1, -0.05) is 24.3 Å². The Morgan fingerprint density at radius 2 is 2.22 bits per heavy atom. The summed E-state index contributed by atoms with van der Waals surface area (Å²) in [5.41, 5.74) is 2.70. The van der Waals surface area contributed by atoms with Gasteiger partial charge in [-0.3, -0.25) is 9.89 Å². The van der Waals surface area contributed by atoms with Gasteiger partial charge in [0.1, 0.15) is 0 Å². The molecular weight excluding hydrogens is 286 g/mol. The topological polar surface area (TPSA) is 57.8 Å². The van der Waals surface area contributed by atoms with Gasteiger partial charge in [-0.05, 0) is 54.7 Å². The highest BCUT2D eigenvalue weighted by molar-refractivity contribution is 5.95. The number of H-pyrrole nitrogens is 1. The van der Waals surface area contributed by atoms with Crippen LogP contribution in [0.4, 0.5) is 0 Å². The Bertz CT molecular complexity index is 720. The number of aromatic amines is 1. The summed E-state index contributed by atoms with van der Waals surface area (Å²) in [6.45, 7) is 0.760. The monoisotopic (exact) mass is 307 g/mol. The number of nitrogens with zero attached hydrogens (tertiary/aromatic N) is 1. The Balaban J connectivity index is 1.34. The van der Waals surface area contributed by atoms with Crippen LogP contribution in [0.15, 0.2) is 48.8 Å². The Hall–Kier alpha value is -2.36. The van der Waals surface area contributed by atoms with E-state index in [1.54, 1.807) is 6.20 Å². The quantitative estimate of drug-likeness (QED) is 0.832. The fourth-order valence-corrected chi connectivity index (χ4v) is 3.95. The zero-order valence-electron chi connectivity index (χ0n) is 13.0. The summed E-state index contributed by atoms with van der Waals surface area (Å²) in [6.07, 6.45) is 12.0. The molecule has 2 aliphatic rings. The molecule has 1 aromatic heterocycles. The molecule has 2 bridgehead atoms. The fourth-order valence-electron chi connectivity index (χ4n) is 3.95. The van der Waals surface area contributed by atoms with Crippen molar-refractivity contribution in [3.63, 3.8) is 0 Å². The van der Waals surface area contributed by atoms with Gasteiger partial charge < -0.3 is 5.32 Å². The van der Waals surface area contributed by atoms with Crippen LogP contribution in [0.25, 0.3) is 11.1 Å². The average Bonchev–Trinajstić information content (AvgIpc) is 3.32. The van der Waals surface area contributed by atoms with Crippen LogP contribution in [0.5, 0.6) is 0 Å². The lowest BCUT2D eigenvalue weighted by Gasteiger charge is -2.18. The summed E-state index contributed by atoms with van der Waals surface area (Å²) < 4.78 is 0. The van der Waals surface area contributed by atoms with E-state index in [0.29, 0.717) is 5.56 Å². The number of amides is 1. The second-order valence-electron chi connectivity index (χ2n) is 6.65. The molecule has 1 fully saturated rings. The van der Waals surface area contributed by atoms with Gasteiger partial charge in [-0.2, -0.15) is 5.10 Å². The maximum absolute atomic E-state index is 12.4. The van der Waals surface area contributed by atoms with Crippen molar-refractivity contribution in [1.29, 1.82) is 0 Å². The normalized spacial score (nSPS) is 25.0. The fraction of sp³-hybridized carbons (Fsp3) is 0.368. The Morgan fingerprint density at radius 1 is 1.26 bits per heavy atom. The number of aromatic nitrogens is 2. The van der Waals surface area contributed by atoms with Gasteiger partial charge in [0, 0.05) is 23.9 Å². The van der Waals surface area contributed by atoms with Crippen molar-refractivity contribution >= 4 is 5.91 Å². The van der Waals surface area contributed by atoms with E-state index in [4.69, 9.17) is 0 Å². The minimum atomic E-state index is 0.00837. The van der Waals surface area contributed by atoms with E-state index in [2.05, 4.69) is 27.7 Å². The lowest BCUT2D eigenvalue weighted by atomic mass is 9.90. The van der Waals surface area contributed by atoms with Gasteiger partial charge in [-0.25, -0.2) is 0 Å². The van der Waals surface area contributed by atoms with Crippen LogP contribution in [-0.4, -0.2) is 22.6 Å². The lowest BCUT2D eigenvalue weighted by Crippen LogP contribution is -2.26. The van der Waals surface area contributed by atoms with Gasteiger partial charge >= 0.3 is 0 Å². The van der Waals surface area contributed by atoms with E-state index in [1.165, 1.54) is 12.8 Å². The Kier molecular flexibility index (Phi) is 3.74. The van der Waals surface area contributed by atoms with Crippen molar-refractivity contribution < 1.29 is 4.79 Å². The highest BCUT2D eigenvalue weighted by Crippen LogP contribution is 2.44. The van der Waals surface area contributed by atoms with Gasteiger partial charge in [0.2, 0.25) is 0 Å². The Labute approximate surface area is 136 Å². The van der Waals surface area contributed by atoms with Crippen molar-refractivity contribution in [1.82, 2.24) is 15.5 Å². The van der Waals surface area contributed by atoms with Crippen LogP contribution >= 0.6 is 0 Å². The van der Waals surface area contributed by atoms with Crippen LogP contribution < -0.4 is 5.32 Å². The number of benzene rings is 1. The zero-order valence-corrected chi connectivity index (χ0v) is 13.0. The number of carbonyl (C=O) groups is 1. The van der Waals surface area contributed by atoms with Crippen LogP contribution in [0.2, 0.25) is 0 Å². The molecule has 2 N–H and O–H groups in total. The number of nitrogens with one attached hydrogen (secondary N) is 2. The summed E-state index contributed by atoms with van der Waals surface area (Å²) in [5.74, 6) is 2.31. The molecule has 2 aromatic rings. The number of hydrogen-bond acceptors (Lipinski definition) is 2. The molecule has 0 spiro atoms. The second kappa shape index (κ2) is 6.03. The first-order valence-electron chi connectivity index (χ1n) is 8.35. The average molecular weight is 307 g/mol. The molecule has 4 nitrogen and oxygen atoms in total. The summed E-state index contributed by atoms with van der Waals surface area (Å²) in [6, 6.07) is 7.68. The van der Waals surface area contributed by atoms with E-state index in [0.717, 1.165) is 41.8 Å². The molecule has 0 saturated heterocycles. The van der Waals surface area contributed by atoms with E-state index < -0.39 is 0 Å². The van der Waals surface area contributed by atoms with Crippen LogP contribution in [0, 0.1) is 17.8 Å². The molecule has 0 unspecified atom stereocenters. The highest BCUT2D eigenvalue weighted by atomic mass is 16.1. The minimum absolute atomic E-state index is 0.00837. The van der Waals surface area contributed by atoms with E-state index in [-0.39, 0.29) is 5.91 Å². The number of hydrogen-bond donors (Lipinski definition) is 2. The first kappa shape index (κ1) is 14.2. The van der Waals surface area contributed by atoms with E-state index in [1.807, 2.05) is 30.5 Å². The third kappa shape index (κ3) is 2.93. The summed E-state index contributed by atoms with van der Waals surface area (Å²) in [5, 5.41) is 9.83.